The molecule has 0 aromatic heterocycles. The van der Waals surface area contributed by atoms with Crippen LogP contribution in [0.4, 0.5) is 0 Å². The number of nitrogens with one attached hydrogen (secondary N) is 1. The molecule has 0 amide bonds. The number of aliphatic hydroxyl groups excluding tert-OH is 2. The van der Waals surface area contributed by atoms with Crippen LogP contribution in [0, 0.1) is 0 Å². The normalized spacial score (nSPS) is 9.60. The summed E-state index contributed by atoms with van der Waals surface area (Å²) in [6, 6.07) is 0. The molecule has 0 spiro atoms. The molecule has 0 aromatic rings. The number of hydrogen-bond donors (Lipinski definition) is 3. The molecule has 0 heterocycles. The van der Waals surface area contributed by atoms with Crippen LogP contribution < -0.4 is 28.9 Å². The standard InChI is InChI=1S/C6H15NO2.HI/c1-2-7(3-5-8)4-6-9;/h8-9H,2-6H2,1H3;1H. The van der Waals surface area contributed by atoms with Crippen molar-refractivity contribution in [1.29, 1.82) is 0 Å². The molecule has 0 fully saturated rings. The third-order valence-electron chi connectivity index (χ3n) is 1.43. The second kappa shape index (κ2) is 9.61. The van der Waals surface area contributed by atoms with Crippen molar-refractivity contribution in [3.8, 4) is 0 Å². The Morgan fingerprint density at radius 1 is 1.10 bits per heavy atom. The predicted molar refractivity (Wildman–Crippen MR) is 35.4 cm³/mol. The fourth-order valence-corrected chi connectivity index (χ4v) is 0.795. The summed E-state index contributed by atoms with van der Waals surface area (Å²) in [5.41, 5.74) is 0. The van der Waals surface area contributed by atoms with Gasteiger partial charge >= 0.3 is 0 Å². The quantitative estimate of drug-likeness (QED) is 0.433. The van der Waals surface area contributed by atoms with Crippen molar-refractivity contribution in [1.82, 2.24) is 0 Å². The topological polar surface area (TPSA) is 44.9 Å². The van der Waals surface area contributed by atoms with Crippen molar-refractivity contribution in [2.75, 3.05) is 32.8 Å². The molecule has 0 aromatic carbocycles. The average molecular weight is 261 g/mol. The van der Waals surface area contributed by atoms with Gasteiger partial charge in [0.2, 0.25) is 0 Å². The van der Waals surface area contributed by atoms with Crippen LogP contribution in [0.1, 0.15) is 6.92 Å². The van der Waals surface area contributed by atoms with Gasteiger partial charge in [0, 0.05) is 0 Å². The Balaban J connectivity index is 0. The van der Waals surface area contributed by atoms with E-state index in [1.54, 1.807) is 0 Å². The zero-order valence-corrected chi connectivity index (χ0v) is 8.47. The van der Waals surface area contributed by atoms with E-state index in [9.17, 15) is 0 Å². The van der Waals surface area contributed by atoms with Gasteiger partial charge in [-0.15, -0.1) is 0 Å². The van der Waals surface area contributed by atoms with Gasteiger partial charge in [-0.1, -0.05) is 0 Å². The average Bonchev–Trinajstić information content (AvgIpc) is 1.88. The molecule has 10 heavy (non-hydrogen) atoms. The maximum Gasteiger partial charge on any atom is 0.101 e. The number of aliphatic hydroxyl groups is 2. The first-order valence-corrected chi connectivity index (χ1v) is 3.40. The van der Waals surface area contributed by atoms with Gasteiger partial charge in [0.05, 0.1) is 19.8 Å². The third kappa shape index (κ3) is 6.73. The Morgan fingerprint density at radius 2 is 1.50 bits per heavy atom. The van der Waals surface area contributed by atoms with Gasteiger partial charge in [0.25, 0.3) is 0 Å². The molecule has 0 saturated carbocycles. The Kier molecular flexibility index (Phi) is 12.7. The van der Waals surface area contributed by atoms with Gasteiger partial charge < -0.3 is 39.1 Å². The van der Waals surface area contributed by atoms with Crippen LogP contribution in [-0.4, -0.2) is 43.1 Å². The molecule has 0 radical (unpaired) electrons. The summed E-state index contributed by atoms with van der Waals surface area (Å²) >= 11 is 0. The van der Waals surface area contributed by atoms with Crippen molar-refractivity contribution in [2.45, 2.75) is 6.92 Å². The zero-order chi connectivity index (χ0) is 7.11. The molecular weight excluding hydrogens is 245 g/mol. The number of quaternary nitrogens is 1. The number of rotatable bonds is 5. The summed E-state index contributed by atoms with van der Waals surface area (Å²) in [4.78, 5) is 1.25. The Bertz CT molecular complexity index is 57.7. The highest BCUT2D eigenvalue weighted by atomic mass is 127. The van der Waals surface area contributed by atoms with E-state index < -0.39 is 0 Å². The lowest BCUT2D eigenvalue weighted by atomic mass is 10.5. The minimum atomic E-state index is 0. The number of halogens is 1. The molecule has 4 heteroatoms. The van der Waals surface area contributed by atoms with Gasteiger partial charge in [-0.2, -0.15) is 0 Å². The summed E-state index contributed by atoms with van der Waals surface area (Å²) in [7, 11) is 0. The van der Waals surface area contributed by atoms with Gasteiger partial charge in [0.15, 0.2) is 0 Å². The second-order valence-electron chi connectivity index (χ2n) is 2.05. The lowest BCUT2D eigenvalue weighted by Crippen LogP contribution is -3.12. The number of hydrogen-bond acceptors (Lipinski definition) is 2. The molecule has 3 N–H and O–H groups in total. The zero-order valence-electron chi connectivity index (χ0n) is 6.31. The van der Waals surface area contributed by atoms with Gasteiger partial charge in [-0.3, -0.25) is 0 Å². The van der Waals surface area contributed by atoms with Gasteiger partial charge in [-0.25, -0.2) is 0 Å². The maximum atomic E-state index is 8.49. The van der Waals surface area contributed by atoms with E-state index in [1.165, 1.54) is 4.90 Å². The fourth-order valence-electron chi connectivity index (χ4n) is 0.795. The molecule has 3 nitrogen and oxygen atoms in total. The van der Waals surface area contributed by atoms with Crippen molar-refractivity contribution in [3.05, 3.63) is 0 Å². The van der Waals surface area contributed by atoms with Crippen LogP contribution in [0.5, 0.6) is 0 Å². The van der Waals surface area contributed by atoms with Gasteiger partial charge in [-0.05, 0) is 6.92 Å². The van der Waals surface area contributed by atoms with Crippen LogP contribution in [-0.2, 0) is 0 Å². The molecule has 64 valence electrons. The first kappa shape index (κ1) is 13.2. The van der Waals surface area contributed by atoms with Crippen LogP contribution in [0.15, 0.2) is 0 Å². The highest BCUT2D eigenvalue weighted by Crippen LogP contribution is 1.51. The first-order valence-electron chi connectivity index (χ1n) is 3.40. The van der Waals surface area contributed by atoms with Gasteiger partial charge in [0.1, 0.15) is 13.1 Å². The van der Waals surface area contributed by atoms with E-state index >= 15 is 0 Å². The Hall–Kier alpha value is 0.610. The lowest BCUT2D eigenvalue weighted by Gasteiger charge is -2.13. The van der Waals surface area contributed by atoms with Crippen LogP contribution in [0.3, 0.4) is 0 Å². The largest absolute Gasteiger partial charge is 1.00 e. The maximum absolute atomic E-state index is 8.49. The number of likely N-dealkylation sites (N-methyl/N-ethyl adjacent to an activating group) is 1. The van der Waals surface area contributed by atoms with E-state index in [-0.39, 0.29) is 37.2 Å². The van der Waals surface area contributed by atoms with Crippen molar-refractivity contribution in [2.24, 2.45) is 0 Å². The summed E-state index contributed by atoms with van der Waals surface area (Å²) in [5, 5.41) is 17.0. The highest BCUT2D eigenvalue weighted by Gasteiger charge is 2.00. The van der Waals surface area contributed by atoms with E-state index in [0.717, 1.165) is 19.6 Å². The predicted octanol–water partition coefficient (Wildman–Crippen LogP) is -5.12. The summed E-state index contributed by atoms with van der Waals surface area (Å²) < 4.78 is 0. The van der Waals surface area contributed by atoms with E-state index in [0.29, 0.717) is 0 Å². The van der Waals surface area contributed by atoms with Crippen molar-refractivity contribution < 1.29 is 39.1 Å². The van der Waals surface area contributed by atoms with Crippen LogP contribution >= 0.6 is 0 Å². The summed E-state index contributed by atoms with van der Waals surface area (Å²) in [5.74, 6) is 0. The molecule has 0 aliphatic heterocycles. The van der Waals surface area contributed by atoms with E-state index in [2.05, 4.69) is 0 Å². The van der Waals surface area contributed by atoms with E-state index in [4.69, 9.17) is 10.2 Å². The second-order valence-corrected chi connectivity index (χ2v) is 2.05. The molecule has 0 aliphatic rings. The minimum Gasteiger partial charge on any atom is -1.00 e. The lowest BCUT2D eigenvalue weighted by molar-refractivity contribution is -0.898. The molecule has 0 rings (SSSR count). The molecule has 0 unspecified atom stereocenters. The Morgan fingerprint density at radius 3 is 1.70 bits per heavy atom. The summed E-state index contributed by atoms with van der Waals surface area (Å²) in [6.45, 7) is 4.93. The smallest absolute Gasteiger partial charge is 0.101 e. The Labute approximate surface area is 79.1 Å². The van der Waals surface area contributed by atoms with Crippen molar-refractivity contribution in [3.63, 3.8) is 0 Å². The SMILES string of the molecule is CC[NH+](CCO)CCO.[I-]. The van der Waals surface area contributed by atoms with E-state index in [1.807, 2.05) is 6.92 Å². The highest BCUT2D eigenvalue weighted by molar-refractivity contribution is 4.24. The van der Waals surface area contributed by atoms with Crippen LogP contribution in [0.25, 0.3) is 0 Å². The molecule has 0 saturated heterocycles. The third-order valence-corrected chi connectivity index (χ3v) is 1.43. The molecular formula is C6H16INO2. The molecule has 0 atom stereocenters. The monoisotopic (exact) mass is 261 g/mol. The minimum absolute atomic E-state index is 0. The van der Waals surface area contributed by atoms with Crippen molar-refractivity contribution >= 4 is 0 Å². The molecule has 0 bridgehead atoms. The first-order chi connectivity index (χ1) is 4.35. The van der Waals surface area contributed by atoms with Crippen LogP contribution in [0.2, 0.25) is 0 Å². The molecule has 0 aliphatic carbocycles. The fraction of sp³-hybridized carbons (Fsp3) is 1.00. The summed E-state index contributed by atoms with van der Waals surface area (Å²) in [6.07, 6.45) is 0.